The molecule has 0 aliphatic heterocycles. The number of benzene rings is 2. The third-order valence-corrected chi connectivity index (χ3v) is 3.90. The van der Waals surface area contributed by atoms with Gasteiger partial charge in [0.2, 0.25) is 0 Å². The van der Waals surface area contributed by atoms with Gasteiger partial charge in [0.1, 0.15) is 27.6 Å². The molecule has 0 aliphatic rings. The zero-order chi connectivity index (χ0) is 15.6. The average Bonchev–Trinajstić information content (AvgIpc) is 2.48. The van der Waals surface area contributed by atoms with Gasteiger partial charge in [0.25, 0.3) is 0 Å². The molecule has 0 amide bonds. The maximum absolute atomic E-state index is 13.9. The topological polar surface area (TPSA) is 44.5 Å². The summed E-state index contributed by atoms with van der Waals surface area (Å²) in [6, 6.07) is 5.66. The van der Waals surface area contributed by atoms with Gasteiger partial charge in [0, 0.05) is 11.1 Å². The Morgan fingerprint density at radius 3 is 2.38 bits per heavy atom. The molecule has 1 unspecified atom stereocenters. The van der Waals surface area contributed by atoms with E-state index in [2.05, 4.69) is 15.9 Å². The molecular formula is C15H14BrF2NO2. The molecule has 112 valence electrons. The van der Waals surface area contributed by atoms with Crippen LogP contribution in [-0.2, 0) is 0 Å². The summed E-state index contributed by atoms with van der Waals surface area (Å²) in [5, 5.41) is 0. The summed E-state index contributed by atoms with van der Waals surface area (Å²) < 4.78 is 38.2. The lowest BCUT2D eigenvalue weighted by molar-refractivity contribution is 0.384. The van der Waals surface area contributed by atoms with Crippen LogP contribution in [0.25, 0.3) is 0 Å². The molecule has 0 aromatic heterocycles. The first-order valence-corrected chi connectivity index (χ1v) is 6.89. The lowest BCUT2D eigenvalue weighted by atomic mass is 9.98. The molecule has 0 fully saturated rings. The maximum atomic E-state index is 13.9. The second-order valence-electron chi connectivity index (χ2n) is 4.35. The fourth-order valence-electron chi connectivity index (χ4n) is 2.08. The molecule has 2 rings (SSSR count). The van der Waals surface area contributed by atoms with Crippen molar-refractivity contribution in [3.8, 4) is 11.5 Å². The minimum Gasteiger partial charge on any atom is -0.495 e. The summed E-state index contributed by atoms with van der Waals surface area (Å²) in [6.45, 7) is 0. The van der Waals surface area contributed by atoms with Crippen molar-refractivity contribution in [2.75, 3.05) is 14.2 Å². The Bertz CT molecular complexity index is 664. The Kier molecular flexibility index (Phi) is 4.80. The average molecular weight is 358 g/mol. The zero-order valence-electron chi connectivity index (χ0n) is 11.5. The first-order valence-electron chi connectivity index (χ1n) is 6.10. The lowest BCUT2D eigenvalue weighted by Crippen LogP contribution is -2.15. The summed E-state index contributed by atoms with van der Waals surface area (Å²) in [6.07, 6.45) is 0. The maximum Gasteiger partial charge on any atom is 0.141 e. The Hall–Kier alpha value is -1.66. The third-order valence-electron chi connectivity index (χ3n) is 3.14. The van der Waals surface area contributed by atoms with Crippen molar-refractivity contribution in [1.82, 2.24) is 0 Å². The SMILES string of the molecule is COc1ccc(C(N)c2cc(F)ccc2F)c(OC)c1Br. The van der Waals surface area contributed by atoms with Gasteiger partial charge >= 0.3 is 0 Å². The standard InChI is InChI=1S/C15H14BrF2NO2/c1-20-12-6-4-9(15(21-2)13(12)16)14(19)10-7-8(17)3-5-11(10)18/h3-7,14H,19H2,1-2H3. The Morgan fingerprint density at radius 1 is 1.05 bits per heavy atom. The highest BCUT2D eigenvalue weighted by Gasteiger charge is 2.21. The molecule has 2 N–H and O–H groups in total. The minimum atomic E-state index is -0.863. The van der Waals surface area contributed by atoms with E-state index in [0.29, 0.717) is 21.5 Å². The molecule has 0 aliphatic carbocycles. The molecular weight excluding hydrogens is 344 g/mol. The molecule has 21 heavy (non-hydrogen) atoms. The Labute approximate surface area is 129 Å². The fraction of sp³-hybridized carbons (Fsp3) is 0.200. The molecule has 1 atom stereocenters. The van der Waals surface area contributed by atoms with Crippen LogP contribution in [0.2, 0.25) is 0 Å². The summed E-state index contributed by atoms with van der Waals surface area (Å²) in [5.41, 5.74) is 6.66. The predicted molar refractivity (Wildman–Crippen MR) is 79.6 cm³/mol. The van der Waals surface area contributed by atoms with E-state index >= 15 is 0 Å². The van der Waals surface area contributed by atoms with E-state index in [1.165, 1.54) is 14.2 Å². The fourth-order valence-corrected chi connectivity index (χ4v) is 2.77. The van der Waals surface area contributed by atoms with Crippen LogP contribution in [-0.4, -0.2) is 14.2 Å². The summed E-state index contributed by atoms with van der Waals surface area (Å²) >= 11 is 3.35. The van der Waals surface area contributed by atoms with Gasteiger partial charge in [-0.3, -0.25) is 0 Å². The second kappa shape index (κ2) is 6.41. The lowest BCUT2D eigenvalue weighted by Gasteiger charge is -2.19. The summed E-state index contributed by atoms with van der Waals surface area (Å²) in [7, 11) is 2.99. The van der Waals surface area contributed by atoms with Gasteiger partial charge in [0.05, 0.1) is 20.3 Å². The van der Waals surface area contributed by atoms with Crippen molar-refractivity contribution in [2.45, 2.75) is 6.04 Å². The van der Waals surface area contributed by atoms with Crippen LogP contribution in [0.4, 0.5) is 8.78 Å². The van der Waals surface area contributed by atoms with Crippen LogP contribution >= 0.6 is 15.9 Å². The van der Waals surface area contributed by atoms with Crippen LogP contribution in [0.1, 0.15) is 17.2 Å². The number of methoxy groups -OCH3 is 2. The molecule has 3 nitrogen and oxygen atoms in total. The van der Waals surface area contributed by atoms with Gasteiger partial charge in [-0.15, -0.1) is 0 Å². The summed E-state index contributed by atoms with van der Waals surface area (Å²) in [4.78, 5) is 0. The number of ether oxygens (including phenoxy) is 2. The van der Waals surface area contributed by atoms with Crippen LogP contribution in [0, 0.1) is 11.6 Å². The van der Waals surface area contributed by atoms with Crippen molar-refractivity contribution >= 4 is 15.9 Å². The number of hydrogen-bond donors (Lipinski definition) is 1. The van der Waals surface area contributed by atoms with Crippen LogP contribution < -0.4 is 15.2 Å². The predicted octanol–water partition coefficient (Wildman–Crippen LogP) is 3.79. The molecule has 0 bridgehead atoms. The largest absolute Gasteiger partial charge is 0.495 e. The molecule has 2 aromatic carbocycles. The number of hydrogen-bond acceptors (Lipinski definition) is 3. The normalized spacial score (nSPS) is 12.1. The van der Waals surface area contributed by atoms with Crippen molar-refractivity contribution in [3.05, 3.63) is 57.6 Å². The van der Waals surface area contributed by atoms with Crippen molar-refractivity contribution < 1.29 is 18.3 Å². The van der Waals surface area contributed by atoms with Gasteiger partial charge < -0.3 is 15.2 Å². The van der Waals surface area contributed by atoms with E-state index < -0.39 is 17.7 Å². The van der Waals surface area contributed by atoms with E-state index in [1.54, 1.807) is 12.1 Å². The molecule has 2 aromatic rings. The molecule has 6 heteroatoms. The molecule has 0 spiro atoms. The third kappa shape index (κ3) is 3.01. The van der Waals surface area contributed by atoms with Crippen LogP contribution in [0.5, 0.6) is 11.5 Å². The van der Waals surface area contributed by atoms with Crippen LogP contribution in [0.15, 0.2) is 34.8 Å². The van der Waals surface area contributed by atoms with Crippen molar-refractivity contribution in [2.24, 2.45) is 5.73 Å². The Balaban J connectivity index is 2.55. The Morgan fingerprint density at radius 2 is 1.76 bits per heavy atom. The zero-order valence-corrected chi connectivity index (χ0v) is 13.1. The minimum absolute atomic E-state index is 0.0605. The summed E-state index contributed by atoms with van der Waals surface area (Å²) in [5.74, 6) is -0.140. The van der Waals surface area contributed by atoms with Gasteiger partial charge in [-0.25, -0.2) is 8.78 Å². The van der Waals surface area contributed by atoms with E-state index in [-0.39, 0.29) is 5.56 Å². The monoisotopic (exact) mass is 357 g/mol. The molecule has 0 saturated carbocycles. The highest BCUT2D eigenvalue weighted by molar-refractivity contribution is 9.10. The second-order valence-corrected chi connectivity index (χ2v) is 5.14. The smallest absolute Gasteiger partial charge is 0.141 e. The number of nitrogens with two attached hydrogens (primary N) is 1. The molecule has 0 radical (unpaired) electrons. The van der Waals surface area contributed by atoms with Gasteiger partial charge in [-0.05, 0) is 46.3 Å². The van der Waals surface area contributed by atoms with E-state index in [0.717, 1.165) is 18.2 Å². The molecule has 0 heterocycles. The van der Waals surface area contributed by atoms with Gasteiger partial charge in [0.15, 0.2) is 0 Å². The molecule has 0 saturated heterocycles. The van der Waals surface area contributed by atoms with E-state index in [1.807, 2.05) is 0 Å². The first-order chi connectivity index (χ1) is 9.99. The van der Waals surface area contributed by atoms with Crippen LogP contribution in [0.3, 0.4) is 0 Å². The van der Waals surface area contributed by atoms with E-state index in [9.17, 15) is 8.78 Å². The van der Waals surface area contributed by atoms with E-state index in [4.69, 9.17) is 15.2 Å². The highest BCUT2D eigenvalue weighted by Crippen LogP contribution is 2.40. The van der Waals surface area contributed by atoms with Crippen molar-refractivity contribution in [1.29, 1.82) is 0 Å². The van der Waals surface area contributed by atoms with Gasteiger partial charge in [-0.2, -0.15) is 0 Å². The van der Waals surface area contributed by atoms with Gasteiger partial charge in [-0.1, -0.05) is 0 Å². The highest BCUT2D eigenvalue weighted by atomic mass is 79.9. The number of rotatable bonds is 4. The van der Waals surface area contributed by atoms with Crippen molar-refractivity contribution in [3.63, 3.8) is 0 Å². The quantitative estimate of drug-likeness (QED) is 0.905. The number of halogens is 3. The first kappa shape index (κ1) is 15.7.